The predicted octanol–water partition coefficient (Wildman–Crippen LogP) is 13.6. The first-order chi connectivity index (χ1) is 23.6. The Balaban J connectivity index is 4.00. The maximum absolute atomic E-state index is 12.5. The molecule has 284 valence electrons. The number of unbranched alkanes of at least 4 members (excludes halogenated alkanes) is 26. The van der Waals surface area contributed by atoms with Crippen LogP contribution in [0, 0.1) is 0 Å². The van der Waals surface area contributed by atoms with Gasteiger partial charge in [0.05, 0.1) is 6.61 Å². The minimum absolute atomic E-state index is 0.0900. The third-order valence-corrected chi connectivity index (χ3v) is 9.30. The van der Waals surface area contributed by atoms with E-state index in [4.69, 9.17) is 14.2 Å². The lowest BCUT2D eigenvalue weighted by Gasteiger charge is -2.18. The smallest absolute Gasteiger partial charge is 0.306 e. The molecule has 0 radical (unpaired) electrons. The average Bonchev–Trinajstić information content (AvgIpc) is 3.08. The quantitative estimate of drug-likeness (QED) is 0.0368. The van der Waals surface area contributed by atoms with Gasteiger partial charge in [0.15, 0.2) is 6.10 Å². The molecule has 0 spiro atoms. The third kappa shape index (κ3) is 37.5. The molecule has 0 aliphatic carbocycles. The number of ether oxygens (including phenoxy) is 3. The first-order valence-corrected chi connectivity index (χ1v) is 21.2. The number of allylic oxidation sites excluding steroid dienone is 2. The Hall–Kier alpha value is -1.36. The molecule has 0 rings (SSSR count). The van der Waals surface area contributed by atoms with Gasteiger partial charge in [-0.15, -0.1) is 0 Å². The molecule has 5 heteroatoms. The van der Waals surface area contributed by atoms with Crippen LogP contribution in [0.3, 0.4) is 0 Å². The topological polar surface area (TPSA) is 61.8 Å². The van der Waals surface area contributed by atoms with Crippen LogP contribution >= 0.6 is 0 Å². The second kappa shape index (κ2) is 40.1. The third-order valence-electron chi connectivity index (χ3n) is 9.30. The summed E-state index contributed by atoms with van der Waals surface area (Å²) in [5.74, 6) is -0.405. The van der Waals surface area contributed by atoms with Crippen LogP contribution in [0.5, 0.6) is 0 Å². The normalized spacial score (nSPS) is 12.1. The van der Waals surface area contributed by atoms with Crippen LogP contribution in [0.2, 0.25) is 0 Å². The Labute approximate surface area is 299 Å². The second-order valence-corrected chi connectivity index (χ2v) is 14.3. The molecule has 0 amide bonds. The van der Waals surface area contributed by atoms with Gasteiger partial charge in [0.1, 0.15) is 6.61 Å². The summed E-state index contributed by atoms with van der Waals surface area (Å²) in [6.07, 6.45) is 42.4. The highest BCUT2D eigenvalue weighted by molar-refractivity contribution is 5.70. The summed E-state index contributed by atoms with van der Waals surface area (Å²) in [6, 6.07) is 0. The van der Waals surface area contributed by atoms with E-state index in [1.165, 1.54) is 148 Å². The highest BCUT2D eigenvalue weighted by atomic mass is 16.6. The molecule has 0 heterocycles. The molecule has 0 bridgehead atoms. The van der Waals surface area contributed by atoms with Crippen molar-refractivity contribution in [3.8, 4) is 0 Å². The van der Waals surface area contributed by atoms with Gasteiger partial charge in [0.2, 0.25) is 0 Å². The lowest BCUT2D eigenvalue weighted by Crippen LogP contribution is -2.30. The van der Waals surface area contributed by atoms with Gasteiger partial charge in [0.25, 0.3) is 0 Å². The zero-order chi connectivity index (χ0) is 35.0. The van der Waals surface area contributed by atoms with Crippen molar-refractivity contribution in [2.45, 2.75) is 232 Å². The van der Waals surface area contributed by atoms with Crippen molar-refractivity contribution in [3.63, 3.8) is 0 Å². The lowest BCUT2D eigenvalue weighted by molar-refractivity contribution is -0.163. The molecule has 0 aromatic heterocycles. The van der Waals surface area contributed by atoms with E-state index < -0.39 is 6.10 Å². The SMILES string of the molecule is CCCCCCCC/C=C\CCCCCCCCCCOCC(COC(=O)CCCCCCCCCCC)OC(=O)CCCCCCC. The van der Waals surface area contributed by atoms with Crippen LogP contribution in [0.15, 0.2) is 12.2 Å². The molecule has 1 atom stereocenters. The number of rotatable bonds is 39. The Bertz CT molecular complexity index is 691. The lowest BCUT2D eigenvalue weighted by atomic mass is 10.1. The highest BCUT2D eigenvalue weighted by Crippen LogP contribution is 2.14. The molecule has 48 heavy (non-hydrogen) atoms. The molecule has 0 aromatic rings. The summed E-state index contributed by atoms with van der Waals surface area (Å²) in [4.78, 5) is 24.8. The minimum atomic E-state index is -0.523. The van der Waals surface area contributed by atoms with Crippen LogP contribution in [0.1, 0.15) is 226 Å². The molecule has 0 aromatic carbocycles. The van der Waals surface area contributed by atoms with Crippen LogP contribution in [0.4, 0.5) is 0 Å². The predicted molar refractivity (Wildman–Crippen MR) is 206 cm³/mol. The molecule has 1 unspecified atom stereocenters. The molecule has 0 aliphatic rings. The summed E-state index contributed by atoms with van der Waals surface area (Å²) in [5.41, 5.74) is 0. The van der Waals surface area contributed by atoms with Crippen LogP contribution in [-0.4, -0.2) is 37.9 Å². The van der Waals surface area contributed by atoms with Crippen LogP contribution in [0.25, 0.3) is 0 Å². The van der Waals surface area contributed by atoms with Crippen molar-refractivity contribution in [2.24, 2.45) is 0 Å². The van der Waals surface area contributed by atoms with E-state index in [9.17, 15) is 9.59 Å². The summed E-state index contributed by atoms with van der Waals surface area (Å²) in [7, 11) is 0. The van der Waals surface area contributed by atoms with Gasteiger partial charge < -0.3 is 14.2 Å². The van der Waals surface area contributed by atoms with Gasteiger partial charge in [-0.25, -0.2) is 0 Å². The Kier molecular flexibility index (Phi) is 38.9. The van der Waals surface area contributed by atoms with E-state index in [1.54, 1.807) is 0 Å². The van der Waals surface area contributed by atoms with Crippen molar-refractivity contribution in [1.82, 2.24) is 0 Å². The van der Waals surface area contributed by atoms with E-state index in [2.05, 4.69) is 32.9 Å². The van der Waals surface area contributed by atoms with Crippen LogP contribution in [-0.2, 0) is 23.8 Å². The minimum Gasteiger partial charge on any atom is -0.462 e. The zero-order valence-electron chi connectivity index (χ0n) is 32.5. The van der Waals surface area contributed by atoms with Gasteiger partial charge >= 0.3 is 11.9 Å². The van der Waals surface area contributed by atoms with Gasteiger partial charge in [-0.3, -0.25) is 9.59 Å². The maximum Gasteiger partial charge on any atom is 0.306 e. The zero-order valence-corrected chi connectivity index (χ0v) is 32.5. The van der Waals surface area contributed by atoms with Gasteiger partial charge in [-0.1, -0.05) is 181 Å². The average molecular weight is 679 g/mol. The summed E-state index contributed by atoms with van der Waals surface area (Å²) in [6.45, 7) is 7.75. The van der Waals surface area contributed by atoms with Crippen molar-refractivity contribution in [3.05, 3.63) is 12.2 Å². The van der Waals surface area contributed by atoms with Gasteiger partial charge in [-0.2, -0.15) is 0 Å². The van der Waals surface area contributed by atoms with Crippen LogP contribution < -0.4 is 0 Å². The summed E-state index contributed by atoms with van der Waals surface area (Å²) >= 11 is 0. The molecule has 0 saturated carbocycles. The van der Waals surface area contributed by atoms with Crippen molar-refractivity contribution >= 4 is 11.9 Å². The van der Waals surface area contributed by atoms with E-state index in [0.29, 0.717) is 26.1 Å². The second-order valence-electron chi connectivity index (χ2n) is 14.3. The Morgan fingerprint density at radius 2 is 0.812 bits per heavy atom. The Morgan fingerprint density at radius 1 is 0.438 bits per heavy atom. The summed E-state index contributed by atoms with van der Waals surface area (Å²) < 4.78 is 17.1. The molecule has 0 N–H and O–H groups in total. The number of carbonyl (C=O) groups is 2. The van der Waals surface area contributed by atoms with Crippen molar-refractivity contribution in [1.29, 1.82) is 0 Å². The fourth-order valence-electron chi connectivity index (χ4n) is 6.09. The molecular formula is C43H82O5. The number of esters is 2. The summed E-state index contributed by atoms with van der Waals surface area (Å²) in [5, 5.41) is 0. The fourth-order valence-corrected chi connectivity index (χ4v) is 6.09. The maximum atomic E-state index is 12.5. The molecule has 0 saturated heterocycles. The van der Waals surface area contributed by atoms with E-state index in [1.807, 2.05) is 0 Å². The molecule has 0 fully saturated rings. The monoisotopic (exact) mass is 679 g/mol. The van der Waals surface area contributed by atoms with E-state index >= 15 is 0 Å². The number of hydrogen-bond acceptors (Lipinski definition) is 5. The largest absolute Gasteiger partial charge is 0.462 e. The van der Waals surface area contributed by atoms with E-state index in [-0.39, 0.29) is 18.5 Å². The fraction of sp³-hybridized carbons (Fsp3) is 0.907. The molecule has 5 nitrogen and oxygen atoms in total. The first-order valence-electron chi connectivity index (χ1n) is 21.2. The van der Waals surface area contributed by atoms with Crippen molar-refractivity contribution in [2.75, 3.05) is 19.8 Å². The molecular weight excluding hydrogens is 596 g/mol. The van der Waals surface area contributed by atoms with Gasteiger partial charge in [0, 0.05) is 19.4 Å². The number of carbonyl (C=O) groups excluding carboxylic acids is 2. The standard InChI is InChI=1S/C43H82O5/c1-4-7-10-13-15-17-18-19-20-21-22-23-24-25-27-29-32-35-38-46-39-41(48-43(45)37-34-30-12-9-6-3)40-47-42(44)36-33-31-28-26-16-14-11-8-5-2/h19-20,41H,4-18,21-40H2,1-3H3/b20-19-. The number of hydrogen-bond donors (Lipinski definition) is 0. The molecule has 0 aliphatic heterocycles. The van der Waals surface area contributed by atoms with Crippen molar-refractivity contribution < 1.29 is 23.8 Å². The Morgan fingerprint density at radius 3 is 1.27 bits per heavy atom. The highest BCUT2D eigenvalue weighted by Gasteiger charge is 2.17. The first kappa shape index (κ1) is 46.6. The van der Waals surface area contributed by atoms with E-state index in [0.717, 1.165) is 44.9 Å². The van der Waals surface area contributed by atoms with Gasteiger partial charge in [-0.05, 0) is 44.9 Å².